The number of nitrogens with zero attached hydrogens (tertiary/aromatic N) is 3. The van der Waals surface area contributed by atoms with Gasteiger partial charge in [0.25, 0.3) is 0 Å². The van der Waals surface area contributed by atoms with Crippen molar-refractivity contribution in [3.63, 3.8) is 0 Å². The molecule has 1 rings (SSSR count). The first kappa shape index (κ1) is 16.7. The Bertz CT molecular complexity index is 401. The normalized spacial score (nSPS) is 12.2. The van der Waals surface area contributed by atoms with Gasteiger partial charge in [-0.25, -0.2) is 9.97 Å². The summed E-state index contributed by atoms with van der Waals surface area (Å²) in [6.45, 7) is 5.80. The van der Waals surface area contributed by atoms with E-state index in [1.165, 1.54) is 0 Å². The molecule has 0 aliphatic heterocycles. The molecule has 6 nitrogen and oxygen atoms in total. The quantitative estimate of drug-likeness (QED) is 0.711. The Balaban J connectivity index is 2.93. The van der Waals surface area contributed by atoms with Crippen molar-refractivity contribution in [3.8, 4) is 0 Å². The molecule has 0 bridgehead atoms. The monoisotopic (exact) mass is 282 g/mol. The fraction of sp³-hybridized carbons (Fsp3) is 0.714. The third-order valence-corrected chi connectivity index (χ3v) is 2.97. The van der Waals surface area contributed by atoms with Crippen LogP contribution in [0.3, 0.4) is 0 Å². The maximum Gasteiger partial charge on any atom is 0.137 e. The molecular formula is C14H26N4O2. The van der Waals surface area contributed by atoms with Gasteiger partial charge in [0.15, 0.2) is 0 Å². The van der Waals surface area contributed by atoms with Gasteiger partial charge in [-0.05, 0) is 13.3 Å². The third kappa shape index (κ3) is 4.61. The number of likely N-dealkylation sites (N-methyl/N-ethyl adjacent to an activating group) is 1. The summed E-state index contributed by atoms with van der Waals surface area (Å²) in [7, 11) is 3.51. The molecule has 1 aromatic heterocycles. The highest BCUT2D eigenvalue weighted by molar-refractivity contribution is 5.58. The molecule has 0 saturated heterocycles. The van der Waals surface area contributed by atoms with E-state index in [0.717, 1.165) is 36.6 Å². The van der Waals surface area contributed by atoms with E-state index in [1.807, 2.05) is 18.9 Å². The number of aliphatic hydroxyl groups is 1. The van der Waals surface area contributed by atoms with Crippen LogP contribution in [-0.2, 0) is 11.2 Å². The van der Waals surface area contributed by atoms with Gasteiger partial charge in [-0.3, -0.25) is 0 Å². The van der Waals surface area contributed by atoms with Gasteiger partial charge in [0, 0.05) is 32.8 Å². The predicted molar refractivity (Wildman–Crippen MR) is 81.3 cm³/mol. The molecule has 0 fully saturated rings. The van der Waals surface area contributed by atoms with Gasteiger partial charge in [0.2, 0.25) is 0 Å². The largest absolute Gasteiger partial charge is 0.389 e. The van der Waals surface area contributed by atoms with E-state index in [4.69, 9.17) is 4.74 Å². The van der Waals surface area contributed by atoms with E-state index in [0.29, 0.717) is 13.2 Å². The van der Waals surface area contributed by atoms with Crippen LogP contribution in [0.15, 0.2) is 6.33 Å². The van der Waals surface area contributed by atoms with Gasteiger partial charge in [-0.15, -0.1) is 0 Å². The highest BCUT2D eigenvalue weighted by Crippen LogP contribution is 2.24. The predicted octanol–water partition coefficient (Wildman–Crippen LogP) is 1.30. The fourth-order valence-electron chi connectivity index (χ4n) is 2.18. The van der Waals surface area contributed by atoms with Crippen molar-refractivity contribution in [2.24, 2.45) is 0 Å². The van der Waals surface area contributed by atoms with Crippen LogP contribution in [0.5, 0.6) is 0 Å². The summed E-state index contributed by atoms with van der Waals surface area (Å²) in [4.78, 5) is 10.6. The summed E-state index contributed by atoms with van der Waals surface area (Å²) in [6, 6.07) is 0. The minimum atomic E-state index is -0.531. The molecule has 0 radical (unpaired) electrons. The molecule has 1 atom stereocenters. The van der Waals surface area contributed by atoms with E-state index in [1.54, 1.807) is 13.4 Å². The van der Waals surface area contributed by atoms with Gasteiger partial charge >= 0.3 is 0 Å². The zero-order valence-corrected chi connectivity index (χ0v) is 12.9. The van der Waals surface area contributed by atoms with Gasteiger partial charge in [-0.2, -0.15) is 0 Å². The second-order valence-electron chi connectivity index (χ2n) is 4.79. The first-order chi connectivity index (χ1) is 9.63. The lowest BCUT2D eigenvalue weighted by atomic mass is 10.1. The third-order valence-electron chi connectivity index (χ3n) is 2.97. The average Bonchev–Trinajstić information content (AvgIpc) is 2.41. The smallest absolute Gasteiger partial charge is 0.137 e. The summed E-state index contributed by atoms with van der Waals surface area (Å²) in [5.41, 5.74) is 1.10. The van der Waals surface area contributed by atoms with Crippen LogP contribution in [0.1, 0.15) is 25.8 Å². The van der Waals surface area contributed by atoms with Crippen molar-refractivity contribution in [1.82, 2.24) is 9.97 Å². The zero-order valence-electron chi connectivity index (χ0n) is 12.9. The summed E-state index contributed by atoms with van der Waals surface area (Å²) in [5.74, 6) is 1.75. The number of anilines is 2. The Kier molecular flexibility index (Phi) is 7.25. The number of methoxy groups -OCH3 is 1. The lowest BCUT2D eigenvalue weighted by Gasteiger charge is -2.24. The standard InChI is InChI=1S/C14H26N4O2/c1-5-7-12-13(15-6-2)16-10-17-14(12)18(3)8-11(19)9-20-4/h10-11,19H,5-9H2,1-4H3,(H,15,16,17). The lowest BCUT2D eigenvalue weighted by molar-refractivity contribution is 0.0694. The SMILES string of the molecule is CCCc1c(NCC)ncnc1N(C)CC(O)COC. The molecule has 0 aliphatic carbocycles. The van der Waals surface area contributed by atoms with Crippen LogP contribution in [0, 0.1) is 0 Å². The molecule has 2 N–H and O–H groups in total. The van der Waals surface area contributed by atoms with Gasteiger partial charge in [0.05, 0.1) is 12.7 Å². The minimum absolute atomic E-state index is 0.318. The Hall–Kier alpha value is -1.40. The van der Waals surface area contributed by atoms with Gasteiger partial charge < -0.3 is 20.1 Å². The van der Waals surface area contributed by atoms with Crippen LogP contribution >= 0.6 is 0 Å². The van der Waals surface area contributed by atoms with E-state index in [-0.39, 0.29) is 0 Å². The number of ether oxygens (including phenoxy) is 1. The van der Waals surface area contributed by atoms with Gasteiger partial charge in [-0.1, -0.05) is 13.3 Å². The highest BCUT2D eigenvalue weighted by Gasteiger charge is 2.16. The van der Waals surface area contributed by atoms with Crippen molar-refractivity contribution in [3.05, 3.63) is 11.9 Å². The van der Waals surface area contributed by atoms with Crippen LogP contribution in [-0.4, -0.2) is 55.0 Å². The Labute approximate surface area is 121 Å². The summed E-state index contributed by atoms with van der Waals surface area (Å²) in [5, 5.41) is 13.1. The molecule has 20 heavy (non-hydrogen) atoms. The number of rotatable bonds is 9. The maximum absolute atomic E-state index is 9.85. The lowest BCUT2D eigenvalue weighted by Crippen LogP contribution is -2.33. The van der Waals surface area contributed by atoms with E-state index < -0.39 is 6.10 Å². The number of hydrogen-bond donors (Lipinski definition) is 2. The molecule has 0 aliphatic rings. The maximum atomic E-state index is 9.85. The average molecular weight is 282 g/mol. The molecule has 0 amide bonds. The number of aliphatic hydroxyl groups excluding tert-OH is 1. The fourth-order valence-corrected chi connectivity index (χ4v) is 2.18. The molecule has 114 valence electrons. The zero-order chi connectivity index (χ0) is 15.0. The molecule has 1 aromatic rings. The van der Waals surface area contributed by atoms with E-state index in [9.17, 15) is 5.11 Å². The summed E-state index contributed by atoms with van der Waals surface area (Å²) in [6.07, 6.45) is 2.96. The second kappa shape index (κ2) is 8.71. The Morgan fingerprint density at radius 2 is 2.15 bits per heavy atom. The molecular weight excluding hydrogens is 256 g/mol. The van der Waals surface area contributed by atoms with Crippen molar-refractivity contribution >= 4 is 11.6 Å². The molecule has 0 aromatic carbocycles. The van der Waals surface area contributed by atoms with E-state index in [2.05, 4.69) is 22.2 Å². The van der Waals surface area contributed by atoms with Crippen molar-refractivity contribution < 1.29 is 9.84 Å². The van der Waals surface area contributed by atoms with Crippen LogP contribution < -0.4 is 10.2 Å². The molecule has 6 heteroatoms. The molecule has 1 unspecified atom stereocenters. The number of hydrogen-bond acceptors (Lipinski definition) is 6. The van der Waals surface area contributed by atoms with Crippen molar-refractivity contribution in [1.29, 1.82) is 0 Å². The molecule has 0 saturated carbocycles. The summed E-state index contributed by atoms with van der Waals surface area (Å²) >= 11 is 0. The number of nitrogens with one attached hydrogen (secondary N) is 1. The van der Waals surface area contributed by atoms with Crippen molar-refractivity contribution in [2.45, 2.75) is 32.8 Å². The summed E-state index contributed by atoms with van der Waals surface area (Å²) < 4.78 is 4.96. The minimum Gasteiger partial charge on any atom is -0.389 e. The van der Waals surface area contributed by atoms with Crippen molar-refractivity contribution in [2.75, 3.05) is 44.1 Å². The van der Waals surface area contributed by atoms with Crippen LogP contribution in [0.4, 0.5) is 11.6 Å². The molecule has 0 spiro atoms. The van der Waals surface area contributed by atoms with E-state index >= 15 is 0 Å². The first-order valence-electron chi connectivity index (χ1n) is 7.09. The highest BCUT2D eigenvalue weighted by atomic mass is 16.5. The van der Waals surface area contributed by atoms with Crippen LogP contribution in [0.25, 0.3) is 0 Å². The van der Waals surface area contributed by atoms with Crippen LogP contribution in [0.2, 0.25) is 0 Å². The second-order valence-corrected chi connectivity index (χ2v) is 4.79. The Morgan fingerprint density at radius 3 is 2.75 bits per heavy atom. The van der Waals surface area contributed by atoms with Gasteiger partial charge in [0.1, 0.15) is 18.0 Å². The number of aromatic nitrogens is 2. The Morgan fingerprint density at radius 1 is 1.40 bits per heavy atom. The topological polar surface area (TPSA) is 70.5 Å². The first-order valence-corrected chi connectivity index (χ1v) is 7.09. The molecule has 1 heterocycles.